The van der Waals surface area contributed by atoms with Crippen LogP contribution < -0.4 is 4.90 Å². The Morgan fingerprint density at radius 3 is 2.56 bits per heavy atom. The van der Waals surface area contributed by atoms with Crippen LogP contribution in [0.25, 0.3) is 0 Å². The molecule has 142 valence electrons. The minimum Gasteiger partial charge on any atom is -0.478 e. The van der Waals surface area contributed by atoms with Gasteiger partial charge in [-0.05, 0) is 36.6 Å². The minimum atomic E-state index is -0.988. The zero-order valence-corrected chi connectivity index (χ0v) is 15.6. The number of carboxylic acids is 1. The minimum absolute atomic E-state index is 0.0477. The van der Waals surface area contributed by atoms with Crippen LogP contribution in [0.2, 0.25) is 0 Å². The number of carbonyl (C=O) groups is 2. The lowest BCUT2D eigenvalue weighted by atomic mass is 10.1. The van der Waals surface area contributed by atoms with Crippen molar-refractivity contribution in [2.75, 3.05) is 31.1 Å². The second kappa shape index (κ2) is 8.16. The van der Waals surface area contributed by atoms with Gasteiger partial charge in [-0.15, -0.1) is 0 Å². The van der Waals surface area contributed by atoms with E-state index in [2.05, 4.69) is 28.7 Å². The molecule has 0 unspecified atom stereocenters. The first-order valence-electron chi connectivity index (χ1n) is 9.16. The summed E-state index contributed by atoms with van der Waals surface area (Å²) in [6.45, 7) is 6.77. The number of rotatable bonds is 4. The molecular weight excluding hydrogens is 344 g/mol. The Hall–Kier alpha value is -2.96. The SMILES string of the molecule is CC(C)c1cccc(C(=O)N2CCCN(c3ccc(C(=O)O)cn3)CC2)n1. The van der Waals surface area contributed by atoms with Gasteiger partial charge in [0.25, 0.3) is 5.91 Å². The maximum Gasteiger partial charge on any atom is 0.337 e. The Bertz CT molecular complexity index is 820. The molecule has 3 heterocycles. The van der Waals surface area contributed by atoms with Gasteiger partial charge in [-0.25, -0.2) is 14.8 Å². The van der Waals surface area contributed by atoms with Crippen LogP contribution in [0.4, 0.5) is 5.82 Å². The number of amides is 1. The molecule has 0 saturated carbocycles. The Morgan fingerprint density at radius 2 is 1.89 bits per heavy atom. The highest BCUT2D eigenvalue weighted by Crippen LogP contribution is 2.17. The van der Waals surface area contributed by atoms with Crippen LogP contribution in [0.15, 0.2) is 36.5 Å². The van der Waals surface area contributed by atoms with Gasteiger partial charge in [-0.1, -0.05) is 19.9 Å². The molecule has 0 spiro atoms. The molecule has 1 fully saturated rings. The van der Waals surface area contributed by atoms with Crippen LogP contribution >= 0.6 is 0 Å². The molecule has 1 saturated heterocycles. The first kappa shape index (κ1) is 18.8. The first-order chi connectivity index (χ1) is 13.0. The van der Waals surface area contributed by atoms with Crippen LogP contribution in [0.1, 0.15) is 52.7 Å². The standard InChI is InChI=1S/C20H24N4O3/c1-14(2)16-5-3-6-17(22-16)19(25)24-10-4-9-23(11-12-24)18-8-7-15(13-21-18)20(26)27/h3,5-8,13-14H,4,9-12H2,1-2H3,(H,26,27). The summed E-state index contributed by atoms with van der Waals surface area (Å²) in [4.78, 5) is 36.5. The second-order valence-corrected chi connectivity index (χ2v) is 6.95. The van der Waals surface area contributed by atoms with Crippen LogP contribution in [0, 0.1) is 0 Å². The number of hydrogen-bond acceptors (Lipinski definition) is 5. The lowest BCUT2D eigenvalue weighted by Crippen LogP contribution is -2.36. The van der Waals surface area contributed by atoms with Gasteiger partial charge in [0.05, 0.1) is 5.56 Å². The molecular formula is C20H24N4O3. The highest BCUT2D eigenvalue weighted by molar-refractivity contribution is 5.92. The van der Waals surface area contributed by atoms with E-state index in [0.29, 0.717) is 25.3 Å². The van der Waals surface area contributed by atoms with Gasteiger partial charge >= 0.3 is 5.97 Å². The van der Waals surface area contributed by atoms with Gasteiger partial charge in [-0.3, -0.25) is 4.79 Å². The van der Waals surface area contributed by atoms with Gasteiger partial charge in [-0.2, -0.15) is 0 Å². The van der Waals surface area contributed by atoms with Crippen molar-refractivity contribution in [2.24, 2.45) is 0 Å². The highest BCUT2D eigenvalue weighted by Gasteiger charge is 2.22. The molecule has 1 aliphatic rings. The Kier molecular flexibility index (Phi) is 5.69. The van der Waals surface area contributed by atoms with E-state index < -0.39 is 5.97 Å². The van der Waals surface area contributed by atoms with Crippen LogP contribution in [-0.4, -0.2) is 58.0 Å². The summed E-state index contributed by atoms with van der Waals surface area (Å²) in [6.07, 6.45) is 2.19. The molecule has 7 heteroatoms. The third kappa shape index (κ3) is 4.42. The van der Waals surface area contributed by atoms with Crippen molar-refractivity contribution < 1.29 is 14.7 Å². The summed E-state index contributed by atoms with van der Waals surface area (Å²) in [6, 6.07) is 8.86. The van der Waals surface area contributed by atoms with Crippen molar-refractivity contribution in [1.82, 2.24) is 14.9 Å². The van der Waals surface area contributed by atoms with Crippen molar-refractivity contribution >= 4 is 17.7 Å². The molecule has 27 heavy (non-hydrogen) atoms. The van der Waals surface area contributed by atoms with E-state index in [9.17, 15) is 9.59 Å². The van der Waals surface area contributed by atoms with Crippen molar-refractivity contribution in [3.63, 3.8) is 0 Å². The third-order valence-electron chi connectivity index (χ3n) is 4.68. The molecule has 3 rings (SSSR count). The average molecular weight is 368 g/mol. The maximum atomic E-state index is 12.9. The van der Waals surface area contributed by atoms with E-state index >= 15 is 0 Å². The number of pyridine rings is 2. The molecule has 2 aromatic heterocycles. The Morgan fingerprint density at radius 1 is 1.07 bits per heavy atom. The average Bonchev–Trinajstić information content (AvgIpc) is 2.94. The number of carboxylic acid groups (broad SMARTS) is 1. The van der Waals surface area contributed by atoms with Gasteiger partial charge in [0, 0.05) is 38.1 Å². The van der Waals surface area contributed by atoms with Crippen LogP contribution in [0.5, 0.6) is 0 Å². The normalized spacial score (nSPS) is 14.9. The van der Waals surface area contributed by atoms with E-state index in [1.54, 1.807) is 18.2 Å². The van der Waals surface area contributed by atoms with E-state index in [-0.39, 0.29) is 17.4 Å². The zero-order valence-electron chi connectivity index (χ0n) is 15.6. The number of anilines is 1. The topological polar surface area (TPSA) is 86.6 Å². The number of aromatic carboxylic acids is 1. The third-order valence-corrected chi connectivity index (χ3v) is 4.68. The molecule has 0 atom stereocenters. The fourth-order valence-electron chi connectivity index (χ4n) is 3.10. The number of carbonyl (C=O) groups excluding carboxylic acids is 1. The first-order valence-corrected chi connectivity index (χ1v) is 9.16. The van der Waals surface area contributed by atoms with Crippen LogP contribution in [0.3, 0.4) is 0 Å². The van der Waals surface area contributed by atoms with E-state index in [1.807, 2.05) is 17.0 Å². The van der Waals surface area contributed by atoms with E-state index in [1.165, 1.54) is 6.20 Å². The van der Waals surface area contributed by atoms with Crippen molar-refractivity contribution in [1.29, 1.82) is 0 Å². The van der Waals surface area contributed by atoms with E-state index in [0.717, 1.165) is 24.5 Å². The summed E-state index contributed by atoms with van der Waals surface area (Å²) in [5.41, 5.74) is 1.57. The monoisotopic (exact) mass is 368 g/mol. The van der Waals surface area contributed by atoms with Crippen molar-refractivity contribution in [3.05, 3.63) is 53.5 Å². The molecule has 2 aromatic rings. The molecule has 7 nitrogen and oxygen atoms in total. The predicted molar refractivity (Wildman–Crippen MR) is 102 cm³/mol. The maximum absolute atomic E-state index is 12.9. The highest BCUT2D eigenvalue weighted by atomic mass is 16.4. The summed E-state index contributed by atoms with van der Waals surface area (Å²) in [5, 5.41) is 8.99. The molecule has 1 N–H and O–H groups in total. The molecule has 0 aromatic carbocycles. The summed E-state index contributed by atoms with van der Waals surface area (Å²) >= 11 is 0. The Balaban J connectivity index is 1.68. The van der Waals surface area contributed by atoms with Gasteiger partial charge in [0.1, 0.15) is 11.5 Å². The molecule has 0 radical (unpaired) electrons. The van der Waals surface area contributed by atoms with E-state index in [4.69, 9.17) is 5.11 Å². The fraction of sp³-hybridized carbons (Fsp3) is 0.400. The second-order valence-electron chi connectivity index (χ2n) is 6.95. The van der Waals surface area contributed by atoms with Crippen LogP contribution in [-0.2, 0) is 0 Å². The smallest absolute Gasteiger partial charge is 0.337 e. The number of nitrogens with zero attached hydrogens (tertiary/aromatic N) is 4. The zero-order chi connectivity index (χ0) is 19.4. The Labute approximate surface area is 158 Å². The summed E-state index contributed by atoms with van der Waals surface area (Å²) < 4.78 is 0. The number of aromatic nitrogens is 2. The molecule has 1 amide bonds. The fourth-order valence-corrected chi connectivity index (χ4v) is 3.10. The molecule has 0 aliphatic carbocycles. The number of hydrogen-bond donors (Lipinski definition) is 1. The predicted octanol–water partition coefficient (Wildman–Crippen LogP) is 2.65. The molecule has 1 aliphatic heterocycles. The summed E-state index contributed by atoms with van der Waals surface area (Å²) in [7, 11) is 0. The summed E-state index contributed by atoms with van der Waals surface area (Å²) in [5.74, 6) is -0.0298. The van der Waals surface area contributed by atoms with Crippen molar-refractivity contribution in [3.8, 4) is 0 Å². The molecule has 0 bridgehead atoms. The van der Waals surface area contributed by atoms with Gasteiger partial charge in [0.2, 0.25) is 0 Å². The lowest BCUT2D eigenvalue weighted by molar-refractivity contribution is 0.0695. The largest absolute Gasteiger partial charge is 0.478 e. The van der Waals surface area contributed by atoms with Gasteiger partial charge < -0.3 is 14.9 Å². The quantitative estimate of drug-likeness (QED) is 0.893. The van der Waals surface area contributed by atoms with Crippen molar-refractivity contribution in [2.45, 2.75) is 26.2 Å². The van der Waals surface area contributed by atoms with Gasteiger partial charge in [0.15, 0.2) is 0 Å². The lowest BCUT2D eigenvalue weighted by Gasteiger charge is -2.23.